The zero-order valence-corrected chi connectivity index (χ0v) is 15.2. The Labute approximate surface area is 169 Å². The summed E-state index contributed by atoms with van der Waals surface area (Å²) in [5.41, 5.74) is 0.456. The number of hydrogen-bond donors (Lipinski definition) is 0. The summed E-state index contributed by atoms with van der Waals surface area (Å²) in [6, 6.07) is 15.7. The fraction of sp³-hybridized carbons (Fsp3) is 0. The monoisotopic (exact) mass is 406 g/mol. The van der Waals surface area contributed by atoms with Gasteiger partial charge in [-0.2, -0.15) is 0 Å². The molecule has 0 atom stereocenters. The minimum Gasteiger partial charge on any atom is -0.312 e. The average molecular weight is 406 g/mol. The quantitative estimate of drug-likeness (QED) is 0.378. The number of oxime groups is 1. The number of benzene rings is 3. The minimum absolute atomic E-state index is 0.0405. The van der Waals surface area contributed by atoms with Crippen molar-refractivity contribution in [3.63, 3.8) is 0 Å². The number of nitrogens with zero attached hydrogens (tertiary/aromatic N) is 2. The van der Waals surface area contributed by atoms with Crippen molar-refractivity contribution in [2.75, 3.05) is 4.90 Å². The fourth-order valence-corrected chi connectivity index (χ4v) is 2.94. The van der Waals surface area contributed by atoms with E-state index in [2.05, 4.69) is 5.16 Å². The number of para-hydroxylation sites is 1. The second kappa shape index (κ2) is 7.67. The van der Waals surface area contributed by atoms with Gasteiger partial charge in [0.25, 0.3) is 11.8 Å². The van der Waals surface area contributed by atoms with E-state index in [4.69, 9.17) is 4.84 Å². The van der Waals surface area contributed by atoms with E-state index < -0.39 is 29.4 Å². The van der Waals surface area contributed by atoms with E-state index in [1.54, 1.807) is 24.3 Å². The topological polar surface area (TPSA) is 76.0 Å². The molecular formula is C22H12F2N2O4. The van der Waals surface area contributed by atoms with Gasteiger partial charge in [0.05, 0.1) is 11.3 Å². The van der Waals surface area contributed by atoms with Crippen LogP contribution < -0.4 is 4.90 Å². The average Bonchev–Trinajstić information content (AvgIpc) is 3.03. The molecule has 148 valence electrons. The molecule has 3 aromatic rings. The van der Waals surface area contributed by atoms with Gasteiger partial charge in [-0.25, -0.2) is 18.5 Å². The minimum atomic E-state index is -0.893. The van der Waals surface area contributed by atoms with Crippen LogP contribution >= 0.6 is 0 Å². The van der Waals surface area contributed by atoms with Crippen LogP contribution in [0.3, 0.4) is 0 Å². The lowest BCUT2D eigenvalue weighted by Gasteiger charge is -2.14. The van der Waals surface area contributed by atoms with Crippen LogP contribution in [0.4, 0.5) is 14.5 Å². The maximum atomic E-state index is 13.2. The zero-order valence-electron chi connectivity index (χ0n) is 15.2. The van der Waals surface area contributed by atoms with Crippen LogP contribution in [-0.2, 0) is 9.63 Å². The summed E-state index contributed by atoms with van der Waals surface area (Å²) < 4.78 is 26.2. The molecule has 0 bridgehead atoms. The highest BCUT2D eigenvalue weighted by atomic mass is 19.1. The lowest BCUT2D eigenvalue weighted by molar-refractivity contribution is -0.111. The lowest BCUT2D eigenvalue weighted by atomic mass is 10.1. The van der Waals surface area contributed by atoms with Gasteiger partial charge in [0.1, 0.15) is 11.6 Å². The van der Waals surface area contributed by atoms with Gasteiger partial charge >= 0.3 is 5.97 Å². The van der Waals surface area contributed by atoms with Crippen molar-refractivity contribution in [3.8, 4) is 0 Å². The van der Waals surface area contributed by atoms with Crippen molar-refractivity contribution in [2.45, 2.75) is 0 Å². The Hall–Kier alpha value is -4.20. The molecule has 0 unspecified atom stereocenters. The summed E-state index contributed by atoms with van der Waals surface area (Å²) in [4.78, 5) is 43.6. The van der Waals surface area contributed by atoms with E-state index in [1.165, 1.54) is 24.3 Å². The van der Waals surface area contributed by atoms with Crippen LogP contribution in [0.15, 0.2) is 78.0 Å². The first kappa shape index (κ1) is 19.1. The molecule has 0 spiro atoms. The first-order chi connectivity index (χ1) is 14.5. The van der Waals surface area contributed by atoms with Crippen LogP contribution in [0.2, 0.25) is 0 Å². The van der Waals surface area contributed by atoms with Crippen LogP contribution in [0, 0.1) is 11.6 Å². The third-order valence-electron chi connectivity index (χ3n) is 4.40. The van der Waals surface area contributed by atoms with Crippen LogP contribution in [0.25, 0.3) is 0 Å². The molecule has 0 N–H and O–H groups in total. The Morgan fingerprint density at radius 2 is 1.37 bits per heavy atom. The maximum Gasteiger partial charge on any atom is 0.365 e. The number of fused-ring (bicyclic) bond motifs is 1. The number of carbonyl (C=O) groups excluding carboxylic acids is 3. The van der Waals surface area contributed by atoms with Gasteiger partial charge in [-0.1, -0.05) is 23.4 Å². The first-order valence-electron chi connectivity index (χ1n) is 8.74. The van der Waals surface area contributed by atoms with E-state index in [0.717, 1.165) is 29.2 Å². The molecule has 0 radical (unpaired) electrons. The van der Waals surface area contributed by atoms with E-state index >= 15 is 0 Å². The highest BCUT2D eigenvalue weighted by Crippen LogP contribution is 2.30. The summed E-state index contributed by atoms with van der Waals surface area (Å²) in [5.74, 6) is -3.40. The summed E-state index contributed by atoms with van der Waals surface area (Å²) in [6.45, 7) is 0. The summed E-state index contributed by atoms with van der Waals surface area (Å²) in [6.07, 6.45) is 0. The van der Waals surface area contributed by atoms with Crippen LogP contribution in [0.1, 0.15) is 26.3 Å². The second-order valence-electron chi connectivity index (χ2n) is 6.30. The molecule has 1 aliphatic heterocycles. The Morgan fingerprint density at radius 3 is 2.00 bits per heavy atom. The highest BCUT2D eigenvalue weighted by molar-refractivity contribution is 6.58. The van der Waals surface area contributed by atoms with E-state index in [1.807, 2.05) is 0 Å². The van der Waals surface area contributed by atoms with Gasteiger partial charge in [-0.15, -0.1) is 0 Å². The Balaban J connectivity index is 1.65. The lowest BCUT2D eigenvalue weighted by Crippen LogP contribution is -2.36. The van der Waals surface area contributed by atoms with Gasteiger partial charge in [0.15, 0.2) is 5.71 Å². The molecule has 8 heteroatoms. The predicted molar refractivity (Wildman–Crippen MR) is 103 cm³/mol. The molecule has 4 rings (SSSR count). The number of carbonyl (C=O) groups is 3. The maximum absolute atomic E-state index is 13.2. The second-order valence-corrected chi connectivity index (χ2v) is 6.30. The predicted octanol–water partition coefficient (Wildman–Crippen LogP) is 3.71. The van der Waals surface area contributed by atoms with Crippen molar-refractivity contribution >= 4 is 29.2 Å². The zero-order chi connectivity index (χ0) is 21.3. The Bertz CT molecular complexity index is 1190. The molecule has 1 heterocycles. The third-order valence-corrected chi connectivity index (χ3v) is 4.40. The van der Waals surface area contributed by atoms with Gasteiger partial charge in [0.2, 0.25) is 0 Å². The molecule has 2 amide bonds. The number of anilines is 1. The molecule has 6 nitrogen and oxygen atoms in total. The van der Waals surface area contributed by atoms with Gasteiger partial charge in [0, 0.05) is 11.1 Å². The van der Waals surface area contributed by atoms with E-state index in [9.17, 15) is 23.2 Å². The molecule has 0 aromatic heterocycles. The molecular weight excluding hydrogens is 394 g/mol. The van der Waals surface area contributed by atoms with Gasteiger partial charge < -0.3 is 4.84 Å². The molecule has 0 fully saturated rings. The van der Waals surface area contributed by atoms with Crippen LogP contribution in [-0.4, -0.2) is 23.5 Å². The summed E-state index contributed by atoms with van der Waals surface area (Å²) >= 11 is 0. The normalized spacial score (nSPS) is 14.0. The molecule has 30 heavy (non-hydrogen) atoms. The number of imide groups is 1. The summed E-state index contributed by atoms with van der Waals surface area (Å²) in [7, 11) is 0. The van der Waals surface area contributed by atoms with Crippen molar-refractivity contribution in [1.29, 1.82) is 0 Å². The van der Waals surface area contributed by atoms with Gasteiger partial charge in [-0.3, -0.25) is 9.59 Å². The van der Waals surface area contributed by atoms with E-state index in [-0.39, 0.29) is 22.5 Å². The van der Waals surface area contributed by atoms with Crippen molar-refractivity contribution < 1.29 is 28.0 Å². The van der Waals surface area contributed by atoms with Crippen molar-refractivity contribution in [1.82, 2.24) is 0 Å². The smallest absolute Gasteiger partial charge is 0.312 e. The molecule has 0 saturated heterocycles. The van der Waals surface area contributed by atoms with Crippen molar-refractivity contribution in [2.24, 2.45) is 5.16 Å². The molecule has 0 saturated carbocycles. The van der Waals surface area contributed by atoms with Crippen LogP contribution in [0.5, 0.6) is 0 Å². The van der Waals surface area contributed by atoms with E-state index in [0.29, 0.717) is 5.56 Å². The summed E-state index contributed by atoms with van der Waals surface area (Å²) in [5, 5.41) is 3.65. The highest BCUT2D eigenvalue weighted by Gasteiger charge is 2.39. The standard InChI is InChI=1S/C22H12F2N2O4/c23-15-9-5-13(6-10-15)20(27)26-18-4-2-1-3-17(18)19(21(26)28)25-30-22(29)14-7-11-16(24)12-8-14/h1-12H/b25-19-. The SMILES string of the molecule is O=C(O/N=C1\C(=O)N(C(=O)c2ccc(F)cc2)c2ccccc21)c1ccc(F)cc1. The number of rotatable bonds is 3. The van der Waals surface area contributed by atoms with Crippen molar-refractivity contribution in [3.05, 3.63) is 101 Å². The largest absolute Gasteiger partial charge is 0.365 e. The first-order valence-corrected chi connectivity index (χ1v) is 8.74. The number of hydrogen-bond acceptors (Lipinski definition) is 5. The Kier molecular flexibility index (Phi) is 4.89. The molecule has 1 aliphatic rings. The Morgan fingerprint density at radius 1 is 0.800 bits per heavy atom. The van der Waals surface area contributed by atoms with Gasteiger partial charge in [-0.05, 0) is 54.6 Å². The molecule has 3 aromatic carbocycles. The molecule has 0 aliphatic carbocycles. The number of amides is 2. The number of halogens is 2. The third kappa shape index (κ3) is 3.46. The fourth-order valence-electron chi connectivity index (χ4n) is 2.94.